The first-order valence-corrected chi connectivity index (χ1v) is 24.3. The minimum absolute atomic E-state index is 0.267. The normalized spacial score (nSPS) is 22.3. The Bertz CT molecular complexity index is 2160. The van der Waals surface area contributed by atoms with Crippen LogP contribution < -0.4 is 4.50 Å². The van der Waals surface area contributed by atoms with E-state index in [2.05, 4.69) is 103 Å². The molecule has 55 heavy (non-hydrogen) atoms. The minimum atomic E-state index is -1.58. The second kappa shape index (κ2) is 17.1. The zero-order chi connectivity index (χ0) is 37.8. The van der Waals surface area contributed by atoms with Gasteiger partial charge >= 0.3 is 0 Å². The summed E-state index contributed by atoms with van der Waals surface area (Å²) in [7, 11) is -1.58. The van der Waals surface area contributed by atoms with Gasteiger partial charge in [0.15, 0.2) is 0 Å². The van der Waals surface area contributed by atoms with Crippen LogP contribution in [0.5, 0.6) is 0 Å². The molecule has 1 saturated heterocycles. The molecule has 1 aromatic heterocycles. The second-order valence-corrected chi connectivity index (χ2v) is 22.8. The number of hydrogen-bond donors (Lipinski definition) is 0. The molecule has 0 unspecified atom stereocenters. The number of ether oxygens (including phenoxy) is 6. The Balaban J connectivity index is 1.24. The number of halogens is 1. The maximum atomic E-state index is 7.38. The van der Waals surface area contributed by atoms with Crippen LogP contribution in [0.4, 0.5) is 0 Å². The van der Waals surface area contributed by atoms with Crippen molar-refractivity contribution < 1.29 is 28.4 Å². The Morgan fingerprint density at radius 1 is 0.673 bits per heavy atom. The number of rotatable bonds is 14. The van der Waals surface area contributed by atoms with Crippen molar-refractivity contribution in [3.63, 3.8) is 0 Å². The van der Waals surface area contributed by atoms with Crippen molar-refractivity contribution in [2.45, 2.75) is 82.9 Å². The summed E-state index contributed by atoms with van der Waals surface area (Å²) in [5.41, 5.74) is 6.35. The number of fused-ring (bicyclic) bond motifs is 3. The fourth-order valence-electron chi connectivity index (χ4n) is 7.51. The van der Waals surface area contributed by atoms with E-state index >= 15 is 0 Å². The van der Waals surface area contributed by atoms with E-state index < -0.39 is 38.3 Å². The van der Waals surface area contributed by atoms with Gasteiger partial charge in [0.1, 0.15) is 24.4 Å². The minimum Gasteiger partial charge on any atom is -0.374 e. The molecule has 5 aromatic carbocycles. The number of benzene rings is 5. The lowest BCUT2D eigenvalue weighted by Crippen LogP contribution is -2.65. The average molecular weight is 883 g/mol. The van der Waals surface area contributed by atoms with Crippen LogP contribution in [-0.2, 0) is 67.2 Å². The fraction of sp³-hybridized carbons (Fsp3) is 0.304. The third-order valence-electron chi connectivity index (χ3n) is 10.3. The fourth-order valence-corrected chi connectivity index (χ4v) is 14.1. The summed E-state index contributed by atoms with van der Waals surface area (Å²) in [6, 6.07) is 45.6. The summed E-state index contributed by atoms with van der Waals surface area (Å²) < 4.78 is 46.0. The summed E-state index contributed by atoms with van der Waals surface area (Å²) in [4.78, 5) is 0. The van der Waals surface area contributed by atoms with Gasteiger partial charge in [0.25, 0.3) is 0 Å². The largest absolute Gasteiger partial charge is 0.374 e. The first-order chi connectivity index (χ1) is 26.8. The van der Waals surface area contributed by atoms with Crippen molar-refractivity contribution >= 4 is 56.6 Å². The van der Waals surface area contributed by atoms with Crippen molar-refractivity contribution in [2.75, 3.05) is 6.61 Å². The van der Waals surface area contributed by atoms with E-state index in [9.17, 15) is 0 Å². The number of hydrogen-bond acceptors (Lipinski definition) is 7. The van der Waals surface area contributed by atoms with Crippen molar-refractivity contribution in [1.29, 1.82) is 0 Å². The Morgan fingerprint density at radius 3 is 1.73 bits per heavy atom. The van der Waals surface area contributed by atoms with Crippen LogP contribution in [0.25, 0.3) is 10.1 Å². The monoisotopic (exact) mass is 882 g/mol. The van der Waals surface area contributed by atoms with Gasteiger partial charge in [0.05, 0.1) is 47.7 Å². The van der Waals surface area contributed by atoms with Crippen LogP contribution in [0.15, 0.2) is 133 Å². The van der Waals surface area contributed by atoms with Crippen LogP contribution >= 0.6 is 33.9 Å². The van der Waals surface area contributed by atoms with E-state index in [1.165, 1.54) is 18.2 Å². The smallest absolute Gasteiger partial charge is 0.226 e. The van der Waals surface area contributed by atoms with Gasteiger partial charge < -0.3 is 28.4 Å². The Labute approximate surface area is 342 Å². The molecule has 2 aliphatic heterocycles. The van der Waals surface area contributed by atoms with E-state index in [1.54, 1.807) is 0 Å². The van der Waals surface area contributed by atoms with Crippen molar-refractivity contribution in [3.8, 4) is 0 Å². The maximum absolute atomic E-state index is 7.38. The lowest BCUT2D eigenvalue weighted by molar-refractivity contribution is -0.387. The molecule has 3 heterocycles. The van der Waals surface area contributed by atoms with Gasteiger partial charge in [-0.25, -0.2) is 0 Å². The molecule has 0 radical (unpaired) electrons. The van der Waals surface area contributed by atoms with E-state index in [1.807, 2.05) is 84.1 Å². The van der Waals surface area contributed by atoms with Crippen LogP contribution in [0.3, 0.4) is 0 Å². The van der Waals surface area contributed by atoms with Crippen LogP contribution in [0, 0.1) is 3.57 Å². The predicted octanol–water partition coefficient (Wildman–Crippen LogP) is 10.1. The zero-order valence-electron chi connectivity index (χ0n) is 31.5. The first kappa shape index (κ1) is 38.6. The lowest BCUT2D eigenvalue weighted by Gasteiger charge is -2.51. The molecule has 0 bridgehead atoms. The SMILES string of the molecule is C[Si](C)(C)c1sc2cc3c(cc2c1I)[C@]1(OC3)O[C@H](COCc2ccccc2)[C@@H](OCc2ccccc2)[C@H](OCc2ccccc2)[C@H]1OCc1ccccc1. The average Bonchev–Trinajstić information content (AvgIpc) is 3.73. The molecule has 284 valence electrons. The molecule has 9 heteroatoms. The molecular formula is C46H47IO6SSi. The van der Waals surface area contributed by atoms with Gasteiger partial charge in [-0.1, -0.05) is 141 Å². The molecule has 1 fully saturated rings. The zero-order valence-corrected chi connectivity index (χ0v) is 35.5. The van der Waals surface area contributed by atoms with Crippen molar-refractivity contribution in [3.05, 3.63) is 170 Å². The molecular weight excluding hydrogens is 836 g/mol. The van der Waals surface area contributed by atoms with E-state index in [4.69, 9.17) is 28.4 Å². The topological polar surface area (TPSA) is 55.4 Å². The second-order valence-electron chi connectivity index (χ2n) is 15.4. The number of thiophene rings is 1. The Kier molecular flexibility index (Phi) is 12.0. The highest BCUT2D eigenvalue weighted by Gasteiger charge is 2.61. The third-order valence-corrected chi connectivity index (χ3v) is 17.0. The van der Waals surface area contributed by atoms with Crippen LogP contribution in [0.2, 0.25) is 19.6 Å². The highest BCUT2D eigenvalue weighted by molar-refractivity contribution is 14.1. The van der Waals surface area contributed by atoms with Crippen LogP contribution in [0.1, 0.15) is 33.4 Å². The van der Waals surface area contributed by atoms with Gasteiger partial charge in [0.2, 0.25) is 5.79 Å². The molecule has 8 rings (SSSR count). The maximum Gasteiger partial charge on any atom is 0.226 e. The summed E-state index contributed by atoms with van der Waals surface area (Å²) >= 11 is 4.48. The molecule has 5 atom stereocenters. The molecule has 6 nitrogen and oxygen atoms in total. The Morgan fingerprint density at radius 2 is 1.18 bits per heavy atom. The van der Waals surface area contributed by atoms with Gasteiger partial charge in [0, 0.05) is 23.7 Å². The van der Waals surface area contributed by atoms with Crippen molar-refractivity contribution in [2.24, 2.45) is 0 Å². The van der Waals surface area contributed by atoms with E-state index in [0.29, 0.717) is 33.0 Å². The molecule has 6 aromatic rings. The quantitative estimate of drug-likeness (QED) is 0.0803. The summed E-state index contributed by atoms with van der Waals surface area (Å²) in [5, 5.41) is 1.23. The summed E-state index contributed by atoms with van der Waals surface area (Å²) in [6.07, 6.45) is -2.38. The van der Waals surface area contributed by atoms with E-state index in [0.717, 1.165) is 33.4 Å². The molecule has 2 aliphatic rings. The molecule has 1 spiro atoms. The Hall–Kier alpha value is -3.23. The van der Waals surface area contributed by atoms with Gasteiger partial charge in [-0.15, -0.1) is 11.3 Å². The van der Waals surface area contributed by atoms with E-state index in [-0.39, 0.29) is 6.61 Å². The standard InChI is InChI=1S/C46H47IO6SSi/c1-55(2,3)45-41(47)37-25-38-36(24-40(37)54-45)30-52-46(38)44(51-29-35-22-14-7-15-23-35)43(50-28-34-20-12-6-13-21-34)42(49-27-33-18-10-5-11-19-33)39(53-46)31-48-26-32-16-8-4-9-17-32/h4-25,39,42-44H,26-31H2,1-3H3/t39-,42-,43+,44-,46+/m1/s1. The third kappa shape index (κ3) is 8.56. The molecule has 0 saturated carbocycles. The molecule has 0 N–H and O–H groups in total. The van der Waals surface area contributed by atoms with Gasteiger partial charge in [-0.2, -0.15) is 0 Å². The molecule has 0 aliphatic carbocycles. The highest BCUT2D eigenvalue weighted by atomic mass is 127. The first-order valence-electron chi connectivity index (χ1n) is 18.9. The highest BCUT2D eigenvalue weighted by Crippen LogP contribution is 2.50. The van der Waals surface area contributed by atoms with Crippen molar-refractivity contribution in [1.82, 2.24) is 0 Å². The van der Waals surface area contributed by atoms with Crippen LogP contribution in [-0.4, -0.2) is 39.1 Å². The lowest BCUT2D eigenvalue weighted by atomic mass is 9.86. The molecule has 0 amide bonds. The summed E-state index contributed by atoms with van der Waals surface area (Å²) in [6.45, 7) is 9.43. The predicted molar refractivity (Wildman–Crippen MR) is 230 cm³/mol. The van der Waals surface area contributed by atoms with Gasteiger partial charge in [-0.05, 0) is 62.5 Å². The van der Waals surface area contributed by atoms with Gasteiger partial charge in [-0.3, -0.25) is 0 Å². The summed E-state index contributed by atoms with van der Waals surface area (Å²) in [5.74, 6) is -1.28.